The number of aliphatic imine (C=N–C) groups is 1. The lowest BCUT2D eigenvalue weighted by atomic mass is 10.1. The Bertz CT molecular complexity index is 1280. The van der Waals surface area contributed by atoms with E-state index in [4.69, 9.17) is 32.7 Å². The van der Waals surface area contributed by atoms with Crippen LogP contribution in [0.2, 0.25) is 10.0 Å². The molecule has 4 rings (SSSR count). The smallest absolute Gasteiger partial charge is 0.337 e. The fourth-order valence-electron chi connectivity index (χ4n) is 2.86. The Hall–Kier alpha value is -3.00. The second-order valence-electron chi connectivity index (χ2n) is 6.57. The molecule has 1 aliphatic rings. The first-order valence-electron chi connectivity index (χ1n) is 8.99. The second kappa shape index (κ2) is 8.63. The van der Waals surface area contributed by atoms with E-state index < -0.39 is 5.97 Å². The van der Waals surface area contributed by atoms with E-state index in [-0.39, 0.29) is 16.5 Å². The van der Waals surface area contributed by atoms with Gasteiger partial charge in [0.15, 0.2) is 5.17 Å². The van der Waals surface area contributed by atoms with Crippen molar-refractivity contribution in [3.05, 3.63) is 80.4 Å². The number of rotatable bonds is 4. The number of halogens is 2. The highest BCUT2D eigenvalue weighted by atomic mass is 35.5. The van der Waals surface area contributed by atoms with Crippen molar-refractivity contribution in [3.8, 4) is 11.3 Å². The van der Waals surface area contributed by atoms with E-state index >= 15 is 0 Å². The summed E-state index contributed by atoms with van der Waals surface area (Å²) in [6.45, 7) is 1.86. The number of nitrogens with zero attached hydrogens (tertiary/aromatic N) is 1. The molecule has 0 bridgehead atoms. The zero-order chi connectivity index (χ0) is 22.1. The zero-order valence-corrected chi connectivity index (χ0v) is 18.3. The summed E-state index contributed by atoms with van der Waals surface area (Å²) in [5.74, 6) is -0.421. The number of amidine groups is 1. The molecule has 0 saturated carbocycles. The normalized spacial score (nSPS) is 16.2. The first kappa shape index (κ1) is 21.2. The lowest BCUT2D eigenvalue weighted by Crippen LogP contribution is -2.19. The summed E-state index contributed by atoms with van der Waals surface area (Å²) in [4.78, 5) is 28.3. The molecule has 2 aromatic carbocycles. The SMILES string of the molecule is Cc1c(Cl)cccc1N=C1NC(=O)/C(=C/c2ccc(-c3ccc(C(=O)O)c(Cl)c3)o2)S1. The molecular weight excluding hydrogens is 459 g/mol. The van der Waals surface area contributed by atoms with Crippen LogP contribution < -0.4 is 5.32 Å². The Kier molecular flexibility index (Phi) is 5.91. The van der Waals surface area contributed by atoms with Gasteiger partial charge in [0, 0.05) is 16.7 Å². The highest BCUT2D eigenvalue weighted by molar-refractivity contribution is 8.18. The number of hydrogen-bond acceptors (Lipinski definition) is 5. The molecular formula is C22H14Cl2N2O4S. The Balaban J connectivity index is 1.56. The Morgan fingerprint density at radius 3 is 2.71 bits per heavy atom. The molecule has 1 fully saturated rings. The fraction of sp³-hybridized carbons (Fsp3) is 0.0455. The molecule has 1 aliphatic heterocycles. The van der Waals surface area contributed by atoms with Crippen LogP contribution in [0.25, 0.3) is 17.4 Å². The molecule has 3 aromatic rings. The van der Waals surface area contributed by atoms with Crippen LogP contribution >= 0.6 is 35.0 Å². The van der Waals surface area contributed by atoms with Crippen LogP contribution in [-0.4, -0.2) is 22.2 Å². The van der Waals surface area contributed by atoms with Crippen molar-refractivity contribution < 1.29 is 19.1 Å². The van der Waals surface area contributed by atoms with E-state index in [1.54, 1.807) is 36.4 Å². The lowest BCUT2D eigenvalue weighted by molar-refractivity contribution is -0.115. The molecule has 9 heteroatoms. The number of carbonyl (C=O) groups is 2. The van der Waals surface area contributed by atoms with Gasteiger partial charge >= 0.3 is 5.97 Å². The summed E-state index contributed by atoms with van der Waals surface area (Å²) in [6.07, 6.45) is 1.62. The van der Waals surface area contributed by atoms with E-state index in [0.29, 0.717) is 37.9 Å². The largest absolute Gasteiger partial charge is 0.478 e. The minimum Gasteiger partial charge on any atom is -0.478 e. The third-order valence-electron chi connectivity index (χ3n) is 4.50. The van der Waals surface area contributed by atoms with Gasteiger partial charge in [-0.2, -0.15) is 0 Å². The third-order valence-corrected chi connectivity index (χ3v) is 6.13. The number of carbonyl (C=O) groups excluding carboxylic acids is 1. The van der Waals surface area contributed by atoms with Gasteiger partial charge in [-0.3, -0.25) is 4.79 Å². The Morgan fingerprint density at radius 2 is 1.97 bits per heavy atom. The van der Waals surface area contributed by atoms with Gasteiger partial charge in [-0.1, -0.05) is 35.3 Å². The average molecular weight is 473 g/mol. The van der Waals surface area contributed by atoms with Gasteiger partial charge in [0.2, 0.25) is 0 Å². The van der Waals surface area contributed by atoms with Crippen molar-refractivity contribution in [1.29, 1.82) is 0 Å². The summed E-state index contributed by atoms with van der Waals surface area (Å²) in [7, 11) is 0. The highest BCUT2D eigenvalue weighted by Crippen LogP contribution is 2.33. The monoisotopic (exact) mass is 472 g/mol. The molecule has 0 aliphatic carbocycles. The maximum Gasteiger partial charge on any atom is 0.337 e. The summed E-state index contributed by atoms with van der Waals surface area (Å²) in [5.41, 5.74) is 2.15. The van der Waals surface area contributed by atoms with Gasteiger partial charge in [0.05, 0.1) is 21.2 Å². The summed E-state index contributed by atoms with van der Waals surface area (Å²) in [6, 6.07) is 13.4. The molecule has 156 valence electrons. The van der Waals surface area contributed by atoms with Gasteiger partial charge in [-0.15, -0.1) is 0 Å². The fourth-order valence-corrected chi connectivity index (χ4v) is 4.11. The molecule has 0 spiro atoms. The van der Waals surface area contributed by atoms with Crippen LogP contribution in [0.15, 0.2) is 62.8 Å². The van der Waals surface area contributed by atoms with E-state index in [1.807, 2.05) is 13.0 Å². The molecule has 0 unspecified atom stereocenters. The maximum atomic E-state index is 12.3. The van der Waals surface area contributed by atoms with Crippen molar-refractivity contribution in [2.24, 2.45) is 4.99 Å². The summed E-state index contributed by atoms with van der Waals surface area (Å²) < 4.78 is 5.79. The van der Waals surface area contributed by atoms with Crippen LogP contribution in [0.4, 0.5) is 5.69 Å². The number of carboxylic acids is 1. The minimum atomic E-state index is -1.10. The molecule has 2 heterocycles. The summed E-state index contributed by atoms with van der Waals surface area (Å²) >= 11 is 13.4. The van der Waals surface area contributed by atoms with Gasteiger partial charge in [0.25, 0.3) is 5.91 Å². The van der Waals surface area contributed by atoms with Crippen LogP contribution in [0.5, 0.6) is 0 Å². The average Bonchev–Trinajstić information content (AvgIpc) is 3.32. The molecule has 0 atom stereocenters. The van der Waals surface area contributed by atoms with Crippen LogP contribution in [0.1, 0.15) is 21.7 Å². The van der Waals surface area contributed by atoms with Crippen molar-refractivity contribution >= 4 is 63.8 Å². The summed E-state index contributed by atoms with van der Waals surface area (Å²) in [5, 5.41) is 13.0. The van der Waals surface area contributed by atoms with Crippen LogP contribution in [0.3, 0.4) is 0 Å². The zero-order valence-electron chi connectivity index (χ0n) is 16.0. The Morgan fingerprint density at radius 1 is 1.16 bits per heavy atom. The third kappa shape index (κ3) is 4.54. The molecule has 6 nitrogen and oxygen atoms in total. The van der Waals surface area contributed by atoms with E-state index in [9.17, 15) is 9.59 Å². The van der Waals surface area contributed by atoms with Crippen LogP contribution in [0, 0.1) is 6.92 Å². The van der Waals surface area contributed by atoms with E-state index in [0.717, 1.165) is 5.56 Å². The van der Waals surface area contributed by atoms with E-state index in [1.165, 1.54) is 23.9 Å². The topological polar surface area (TPSA) is 91.9 Å². The van der Waals surface area contributed by atoms with E-state index in [2.05, 4.69) is 10.3 Å². The molecule has 0 radical (unpaired) electrons. The number of hydrogen-bond donors (Lipinski definition) is 2. The number of nitrogens with one attached hydrogen (secondary N) is 1. The number of furan rings is 1. The number of thioether (sulfide) groups is 1. The molecule has 1 aromatic heterocycles. The van der Waals surface area contributed by atoms with Gasteiger partial charge in [0.1, 0.15) is 11.5 Å². The first-order valence-corrected chi connectivity index (χ1v) is 10.6. The number of aromatic carboxylic acids is 1. The van der Waals surface area contributed by atoms with Crippen LogP contribution in [-0.2, 0) is 4.79 Å². The van der Waals surface area contributed by atoms with Crippen molar-refractivity contribution in [2.45, 2.75) is 6.92 Å². The predicted octanol–water partition coefficient (Wildman–Crippen LogP) is 6.15. The number of carboxylic acid groups (broad SMARTS) is 1. The van der Waals surface area contributed by atoms with Crippen molar-refractivity contribution in [3.63, 3.8) is 0 Å². The number of amides is 1. The lowest BCUT2D eigenvalue weighted by Gasteiger charge is -2.02. The van der Waals surface area contributed by atoms with Gasteiger partial charge in [-0.25, -0.2) is 9.79 Å². The maximum absolute atomic E-state index is 12.3. The quantitative estimate of drug-likeness (QED) is 0.444. The molecule has 1 saturated heterocycles. The standard InChI is InChI=1S/C22H14Cl2N2O4S/c1-11-15(23)3-2-4-17(11)25-22-26-20(27)19(31-22)10-13-6-8-18(30-13)12-5-7-14(21(28)29)16(24)9-12/h2-10H,1H3,(H,28,29)(H,25,26,27)/b19-10-. The predicted molar refractivity (Wildman–Crippen MR) is 123 cm³/mol. The first-order chi connectivity index (χ1) is 14.8. The second-order valence-corrected chi connectivity index (χ2v) is 8.41. The van der Waals surface area contributed by atoms with Gasteiger partial charge in [-0.05, 0) is 60.6 Å². The number of benzene rings is 2. The Labute approximate surface area is 191 Å². The minimum absolute atomic E-state index is 0.0140. The van der Waals surface area contributed by atoms with Gasteiger partial charge < -0.3 is 14.8 Å². The molecule has 2 N–H and O–H groups in total. The van der Waals surface area contributed by atoms with Crippen molar-refractivity contribution in [1.82, 2.24) is 5.32 Å². The molecule has 31 heavy (non-hydrogen) atoms. The molecule has 1 amide bonds. The van der Waals surface area contributed by atoms with Crippen molar-refractivity contribution in [2.75, 3.05) is 0 Å². The highest BCUT2D eigenvalue weighted by Gasteiger charge is 2.24.